The van der Waals surface area contributed by atoms with E-state index in [0.29, 0.717) is 17.2 Å². The molecule has 0 N–H and O–H groups in total. The van der Waals surface area contributed by atoms with Crippen LogP contribution in [-0.4, -0.2) is 6.36 Å². The predicted octanol–water partition coefficient (Wildman–Crippen LogP) is 8.75. The molecule has 0 aromatic heterocycles. The monoisotopic (exact) mass is 490 g/mol. The molecule has 0 aliphatic heterocycles. The van der Waals surface area contributed by atoms with E-state index in [2.05, 4.69) is 11.3 Å². The van der Waals surface area contributed by atoms with Crippen LogP contribution in [-0.2, 0) is 6.42 Å². The molecular weight excluding hydrogens is 473 g/mol. The molecule has 0 fully saturated rings. The van der Waals surface area contributed by atoms with Crippen molar-refractivity contribution in [3.05, 3.63) is 102 Å². The summed E-state index contributed by atoms with van der Waals surface area (Å²) in [6.07, 6.45) is -1.91. The van der Waals surface area contributed by atoms with Crippen molar-refractivity contribution in [2.45, 2.75) is 19.2 Å². The molecule has 0 radical (unpaired) electrons. The topological polar surface area (TPSA) is 9.23 Å². The van der Waals surface area contributed by atoms with Crippen LogP contribution in [0.2, 0.25) is 0 Å². The van der Waals surface area contributed by atoms with Gasteiger partial charge in [-0.25, -0.2) is 17.6 Å². The number of hydrogen-bond acceptors (Lipinski definition) is 1. The van der Waals surface area contributed by atoms with E-state index in [0.717, 1.165) is 48.7 Å². The highest BCUT2D eigenvalue weighted by Gasteiger charge is 2.34. The molecule has 0 amide bonds. The lowest BCUT2D eigenvalue weighted by atomic mass is 9.96. The number of allylic oxidation sites excluding steroid dienone is 1. The zero-order chi connectivity index (χ0) is 25.3. The van der Waals surface area contributed by atoms with E-state index in [9.17, 15) is 30.7 Å². The Morgan fingerprint density at radius 3 is 1.97 bits per heavy atom. The molecule has 0 aliphatic carbocycles. The normalized spacial score (nSPS) is 11.6. The van der Waals surface area contributed by atoms with Crippen LogP contribution in [0, 0.1) is 23.3 Å². The van der Waals surface area contributed by atoms with Crippen LogP contribution in [0.4, 0.5) is 30.7 Å². The molecular formula is C27H17F7O. The van der Waals surface area contributed by atoms with Gasteiger partial charge in [-0.2, -0.15) is 0 Å². The van der Waals surface area contributed by atoms with Crippen molar-refractivity contribution in [2.75, 3.05) is 0 Å². The van der Waals surface area contributed by atoms with Crippen LogP contribution >= 0.6 is 0 Å². The third-order valence-corrected chi connectivity index (χ3v) is 5.46. The maximum atomic E-state index is 15.0. The molecule has 0 heterocycles. The molecule has 1 nitrogen and oxygen atoms in total. The molecule has 0 aliphatic rings. The Bertz CT molecular complexity index is 1380. The second kappa shape index (κ2) is 9.44. The Labute approximate surface area is 196 Å². The maximum absolute atomic E-state index is 15.0. The lowest BCUT2D eigenvalue weighted by Crippen LogP contribution is -2.19. The highest BCUT2D eigenvalue weighted by Crippen LogP contribution is 2.37. The van der Waals surface area contributed by atoms with Gasteiger partial charge in [0.2, 0.25) is 5.75 Å². The minimum atomic E-state index is -5.30. The first kappa shape index (κ1) is 24.3. The number of fused-ring (bicyclic) bond motifs is 1. The zero-order valence-corrected chi connectivity index (χ0v) is 18.0. The Hall–Kier alpha value is -3.81. The van der Waals surface area contributed by atoms with Crippen molar-refractivity contribution in [1.29, 1.82) is 0 Å². The molecule has 4 aromatic carbocycles. The SMILES string of the molecule is C=CCCc1ccc(-c2cc(F)c(-c3ccc4c(F)c(OC(F)(F)F)c(F)cc4c3)c(F)c2)cc1. The number of rotatable bonds is 6. The van der Waals surface area contributed by atoms with Crippen molar-refractivity contribution in [1.82, 2.24) is 0 Å². The van der Waals surface area contributed by atoms with E-state index in [1.54, 1.807) is 18.2 Å². The highest BCUT2D eigenvalue weighted by atomic mass is 19.4. The van der Waals surface area contributed by atoms with E-state index in [-0.39, 0.29) is 10.9 Å². The zero-order valence-electron chi connectivity index (χ0n) is 18.0. The van der Waals surface area contributed by atoms with E-state index in [4.69, 9.17) is 0 Å². The van der Waals surface area contributed by atoms with Gasteiger partial charge in [-0.15, -0.1) is 19.8 Å². The fourth-order valence-electron chi connectivity index (χ4n) is 3.82. The summed E-state index contributed by atoms with van der Waals surface area (Å²) < 4.78 is 99.4. The van der Waals surface area contributed by atoms with Crippen LogP contribution in [0.25, 0.3) is 33.0 Å². The van der Waals surface area contributed by atoms with Crippen molar-refractivity contribution in [2.24, 2.45) is 0 Å². The van der Waals surface area contributed by atoms with Gasteiger partial charge in [0, 0.05) is 5.39 Å². The van der Waals surface area contributed by atoms with Gasteiger partial charge < -0.3 is 4.74 Å². The molecule has 0 unspecified atom stereocenters. The second-order valence-corrected chi connectivity index (χ2v) is 7.82. The number of hydrogen-bond donors (Lipinski definition) is 0. The summed E-state index contributed by atoms with van der Waals surface area (Å²) >= 11 is 0. The molecule has 0 spiro atoms. The Morgan fingerprint density at radius 2 is 1.37 bits per heavy atom. The fraction of sp³-hybridized carbons (Fsp3) is 0.111. The van der Waals surface area contributed by atoms with Gasteiger partial charge in [-0.05, 0) is 64.7 Å². The molecule has 0 saturated carbocycles. The van der Waals surface area contributed by atoms with E-state index in [1.165, 1.54) is 0 Å². The van der Waals surface area contributed by atoms with E-state index in [1.807, 2.05) is 12.1 Å². The first-order chi connectivity index (χ1) is 16.6. The summed E-state index contributed by atoms with van der Waals surface area (Å²) in [5, 5.41) is -0.589. The standard InChI is InChI=1S/C27H17F7O/c1-2-3-4-15-5-7-16(8-6-15)18-12-21(28)24(22(29)13-18)17-9-10-20-19(11-17)14-23(30)26(25(20)31)35-27(32,33)34/h2,5-14H,1,3-4H2. The number of aryl methyl sites for hydroxylation is 1. The first-order valence-electron chi connectivity index (χ1n) is 10.4. The van der Waals surface area contributed by atoms with E-state index >= 15 is 0 Å². The molecule has 8 heteroatoms. The number of alkyl halides is 3. The molecule has 4 rings (SSSR count). The minimum absolute atomic E-state index is 0.0397. The van der Waals surface area contributed by atoms with Gasteiger partial charge in [0.05, 0.1) is 5.56 Å². The Morgan fingerprint density at radius 1 is 0.743 bits per heavy atom. The quantitative estimate of drug-likeness (QED) is 0.194. The highest BCUT2D eigenvalue weighted by molar-refractivity contribution is 5.89. The lowest BCUT2D eigenvalue weighted by molar-refractivity contribution is -0.276. The van der Waals surface area contributed by atoms with Crippen molar-refractivity contribution < 1.29 is 35.5 Å². The van der Waals surface area contributed by atoms with Gasteiger partial charge >= 0.3 is 6.36 Å². The average Bonchev–Trinajstić information content (AvgIpc) is 2.79. The van der Waals surface area contributed by atoms with Crippen LogP contribution in [0.3, 0.4) is 0 Å². The van der Waals surface area contributed by atoms with Crippen LogP contribution < -0.4 is 4.74 Å². The third-order valence-electron chi connectivity index (χ3n) is 5.46. The summed E-state index contributed by atoms with van der Waals surface area (Å²) in [5.41, 5.74) is 1.46. The number of ether oxygens (including phenoxy) is 1. The Kier molecular flexibility index (Phi) is 6.56. The van der Waals surface area contributed by atoms with Gasteiger partial charge in [-0.1, -0.05) is 42.5 Å². The predicted molar refractivity (Wildman–Crippen MR) is 120 cm³/mol. The second-order valence-electron chi connectivity index (χ2n) is 7.82. The smallest absolute Gasteiger partial charge is 0.399 e. The minimum Gasteiger partial charge on any atom is -0.399 e. The molecule has 180 valence electrons. The first-order valence-corrected chi connectivity index (χ1v) is 10.4. The Balaban J connectivity index is 1.71. The van der Waals surface area contributed by atoms with Crippen LogP contribution in [0.15, 0.2) is 73.3 Å². The van der Waals surface area contributed by atoms with Gasteiger partial charge in [-0.3, -0.25) is 0 Å². The third kappa shape index (κ3) is 5.16. The van der Waals surface area contributed by atoms with Gasteiger partial charge in [0.1, 0.15) is 11.6 Å². The van der Waals surface area contributed by atoms with Crippen molar-refractivity contribution in [3.8, 4) is 28.0 Å². The molecule has 0 saturated heterocycles. The maximum Gasteiger partial charge on any atom is 0.573 e. The molecule has 0 atom stereocenters. The van der Waals surface area contributed by atoms with Crippen molar-refractivity contribution in [3.63, 3.8) is 0 Å². The molecule has 35 heavy (non-hydrogen) atoms. The summed E-state index contributed by atoms with van der Waals surface area (Å²) in [6.45, 7) is 3.67. The van der Waals surface area contributed by atoms with Crippen LogP contribution in [0.5, 0.6) is 5.75 Å². The van der Waals surface area contributed by atoms with Crippen molar-refractivity contribution >= 4 is 10.8 Å². The number of benzene rings is 4. The fourth-order valence-corrected chi connectivity index (χ4v) is 3.82. The summed E-state index contributed by atoms with van der Waals surface area (Å²) in [5.74, 6) is -6.59. The van der Waals surface area contributed by atoms with Gasteiger partial charge in [0.25, 0.3) is 0 Å². The summed E-state index contributed by atoms with van der Waals surface area (Å²) in [4.78, 5) is 0. The summed E-state index contributed by atoms with van der Waals surface area (Å²) in [7, 11) is 0. The van der Waals surface area contributed by atoms with E-state index < -0.39 is 46.3 Å². The largest absolute Gasteiger partial charge is 0.573 e. The van der Waals surface area contributed by atoms with Gasteiger partial charge in [0.15, 0.2) is 11.6 Å². The summed E-state index contributed by atoms with van der Waals surface area (Å²) in [6, 6.07) is 13.3. The van der Waals surface area contributed by atoms with Crippen LogP contribution in [0.1, 0.15) is 12.0 Å². The average molecular weight is 490 g/mol. The lowest BCUT2D eigenvalue weighted by Gasteiger charge is -2.13. The molecule has 0 bridgehead atoms. The number of halogens is 7. The molecule has 4 aromatic rings.